The highest BCUT2D eigenvalue weighted by molar-refractivity contribution is 6.12. The minimum Gasteiger partial charge on any atom is -0.497 e. The number of aryl methyl sites for hydroxylation is 1. The van der Waals surface area contributed by atoms with Crippen LogP contribution in [-0.4, -0.2) is 32.1 Å². The van der Waals surface area contributed by atoms with Gasteiger partial charge in [0.15, 0.2) is 17.2 Å². The minimum atomic E-state index is -0.542. The summed E-state index contributed by atoms with van der Waals surface area (Å²) in [5.74, 6) is 0.398. The number of rotatable bonds is 6. The molecule has 0 saturated carbocycles. The number of hydrogen-bond donors (Lipinski definition) is 0. The molecule has 4 rings (SSSR count). The second-order valence-corrected chi connectivity index (χ2v) is 7.23. The average Bonchev–Trinajstić information content (AvgIpc) is 3.20. The van der Waals surface area contributed by atoms with Gasteiger partial charge in [0.05, 0.1) is 19.8 Å². The molecule has 1 heterocycles. The van der Waals surface area contributed by atoms with Crippen LogP contribution in [0.3, 0.4) is 0 Å². The first kappa shape index (κ1) is 21.8. The number of carbonyl (C=O) groups excluding carboxylic acids is 2. The summed E-state index contributed by atoms with van der Waals surface area (Å²) in [4.78, 5) is 29.1. The first-order valence-electron chi connectivity index (χ1n) is 10.1. The van der Waals surface area contributed by atoms with Crippen molar-refractivity contribution in [1.29, 1.82) is 0 Å². The van der Waals surface area contributed by atoms with Crippen LogP contribution in [0.4, 0.5) is 0 Å². The highest BCUT2D eigenvalue weighted by Gasteiger charge is 2.24. The van der Waals surface area contributed by atoms with Crippen LogP contribution >= 0.6 is 0 Å². The van der Waals surface area contributed by atoms with Crippen LogP contribution in [0.2, 0.25) is 0 Å². The summed E-state index contributed by atoms with van der Waals surface area (Å²) in [7, 11) is 3.02. The average molecular weight is 443 g/mol. The standard InChI is InChI=1S/C26H21NO6/c1-16-4-7-18(8-5-16)24-27-21(26(29)33-24)14-17-6-13-22(23(15-17)31-3)32-25(28)19-9-11-20(30-2)12-10-19/h4-15H,1-3H3/b21-14-. The number of hydrogen-bond acceptors (Lipinski definition) is 7. The molecule has 0 N–H and O–H groups in total. The topological polar surface area (TPSA) is 83.4 Å². The van der Waals surface area contributed by atoms with E-state index in [1.54, 1.807) is 55.7 Å². The van der Waals surface area contributed by atoms with Crippen LogP contribution in [0.5, 0.6) is 17.2 Å². The van der Waals surface area contributed by atoms with Gasteiger partial charge in [0, 0.05) is 5.56 Å². The zero-order valence-electron chi connectivity index (χ0n) is 18.3. The Morgan fingerprint density at radius 2 is 1.64 bits per heavy atom. The van der Waals surface area contributed by atoms with Gasteiger partial charge in [-0.15, -0.1) is 0 Å². The number of nitrogens with zero attached hydrogens (tertiary/aromatic N) is 1. The van der Waals surface area contributed by atoms with E-state index in [1.807, 2.05) is 31.2 Å². The van der Waals surface area contributed by atoms with Crippen molar-refractivity contribution in [3.8, 4) is 17.2 Å². The summed E-state index contributed by atoms with van der Waals surface area (Å²) in [5.41, 5.74) is 2.98. The maximum absolute atomic E-state index is 12.5. The Bertz CT molecular complexity index is 1260. The first-order valence-corrected chi connectivity index (χ1v) is 10.1. The second kappa shape index (κ2) is 9.40. The normalized spacial score (nSPS) is 14.0. The van der Waals surface area contributed by atoms with E-state index in [0.717, 1.165) is 11.1 Å². The van der Waals surface area contributed by atoms with Crippen LogP contribution in [0.25, 0.3) is 6.08 Å². The smallest absolute Gasteiger partial charge is 0.363 e. The van der Waals surface area contributed by atoms with Gasteiger partial charge in [-0.25, -0.2) is 14.6 Å². The van der Waals surface area contributed by atoms with Crippen molar-refractivity contribution in [3.63, 3.8) is 0 Å². The molecule has 0 fully saturated rings. The SMILES string of the molecule is COc1ccc(C(=O)Oc2ccc(/C=C3\N=C(c4ccc(C)cc4)OC3=O)cc2OC)cc1. The molecule has 7 heteroatoms. The fraction of sp³-hybridized carbons (Fsp3) is 0.115. The molecule has 0 radical (unpaired) electrons. The molecular weight excluding hydrogens is 422 g/mol. The first-order chi connectivity index (χ1) is 16.0. The maximum Gasteiger partial charge on any atom is 0.363 e. The number of esters is 2. The molecule has 1 aliphatic heterocycles. The molecule has 3 aromatic carbocycles. The van der Waals surface area contributed by atoms with Gasteiger partial charge in [-0.2, -0.15) is 0 Å². The minimum absolute atomic E-state index is 0.163. The van der Waals surface area contributed by atoms with E-state index in [9.17, 15) is 9.59 Å². The van der Waals surface area contributed by atoms with Crippen LogP contribution in [-0.2, 0) is 9.53 Å². The summed E-state index contributed by atoms with van der Waals surface area (Å²) in [6.45, 7) is 1.98. The number of aliphatic imine (C=N–C) groups is 1. The molecule has 0 saturated heterocycles. The summed E-state index contributed by atoms with van der Waals surface area (Å²) in [6, 6.07) is 19.0. The van der Waals surface area contributed by atoms with E-state index in [-0.39, 0.29) is 17.3 Å². The Morgan fingerprint density at radius 1 is 0.909 bits per heavy atom. The largest absolute Gasteiger partial charge is 0.497 e. The third kappa shape index (κ3) is 4.93. The van der Waals surface area contributed by atoms with Crippen molar-refractivity contribution in [1.82, 2.24) is 0 Å². The molecule has 7 nitrogen and oxygen atoms in total. The summed E-state index contributed by atoms with van der Waals surface area (Å²) in [5, 5.41) is 0. The van der Waals surface area contributed by atoms with E-state index in [0.29, 0.717) is 22.6 Å². The number of carbonyl (C=O) groups is 2. The number of benzene rings is 3. The lowest BCUT2D eigenvalue weighted by Crippen LogP contribution is -2.09. The van der Waals surface area contributed by atoms with Gasteiger partial charge >= 0.3 is 11.9 Å². The van der Waals surface area contributed by atoms with Gasteiger partial charge in [0.1, 0.15) is 5.75 Å². The van der Waals surface area contributed by atoms with Gasteiger partial charge in [0.2, 0.25) is 5.90 Å². The number of methoxy groups -OCH3 is 2. The van der Waals surface area contributed by atoms with Gasteiger partial charge in [-0.05, 0) is 67.1 Å². The molecule has 0 bridgehead atoms. The highest BCUT2D eigenvalue weighted by Crippen LogP contribution is 2.30. The van der Waals surface area contributed by atoms with Gasteiger partial charge < -0.3 is 18.9 Å². The summed E-state index contributed by atoms with van der Waals surface area (Å²) in [6.07, 6.45) is 1.58. The number of cyclic esters (lactones) is 1. The molecule has 33 heavy (non-hydrogen) atoms. The predicted octanol–water partition coefficient (Wildman–Crippen LogP) is 4.58. The quantitative estimate of drug-likeness (QED) is 0.315. The Balaban J connectivity index is 1.54. The lowest BCUT2D eigenvalue weighted by atomic mass is 10.1. The number of ether oxygens (including phenoxy) is 4. The monoisotopic (exact) mass is 443 g/mol. The molecule has 0 atom stereocenters. The van der Waals surface area contributed by atoms with E-state index < -0.39 is 11.9 Å². The van der Waals surface area contributed by atoms with Crippen LogP contribution in [0, 0.1) is 6.92 Å². The Morgan fingerprint density at radius 3 is 2.30 bits per heavy atom. The Kier molecular flexibility index (Phi) is 6.22. The van der Waals surface area contributed by atoms with Crippen molar-refractivity contribution < 1.29 is 28.5 Å². The molecular formula is C26H21NO6. The molecule has 1 aliphatic rings. The van der Waals surface area contributed by atoms with E-state index in [2.05, 4.69) is 4.99 Å². The lowest BCUT2D eigenvalue weighted by Gasteiger charge is -2.10. The van der Waals surface area contributed by atoms with Crippen LogP contribution in [0.15, 0.2) is 77.4 Å². The molecule has 0 spiro atoms. The van der Waals surface area contributed by atoms with Gasteiger partial charge in [0.25, 0.3) is 0 Å². The molecule has 166 valence electrons. The predicted molar refractivity (Wildman–Crippen MR) is 123 cm³/mol. The molecule has 0 aliphatic carbocycles. The molecule has 0 unspecified atom stereocenters. The van der Waals surface area contributed by atoms with Crippen molar-refractivity contribution in [2.24, 2.45) is 4.99 Å². The highest BCUT2D eigenvalue weighted by atomic mass is 16.6. The van der Waals surface area contributed by atoms with Crippen LogP contribution in [0.1, 0.15) is 27.0 Å². The second-order valence-electron chi connectivity index (χ2n) is 7.23. The summed E-state index contributed by atoms with van der Waals surface area (Å²) < 4.78 is 21.3. The van der Waals surface area contributed by atoms with Crippen molar-refractivity contribution in [2.75, 3.05) is 14.2 Å². The Labute approximate surface area is 190 Å². The van der Waals surface area contributed by atoms with Crippen LogP contribution < -0.4 is 14.2 Å². The zero-order chi connectivity index (χ0) is 23.4. The van der Waals surface area contributed by atoms with E-state index >= 15 is 0 Å². The maximum atomic E-state index is 12.5. The van der Waals surface area contributed by atoms with Gasteiger partial charge in [-0.1, -0.05) is 23.8 Å². The lowest BCUT2D eigenvalue weighted by molar-refractivity contribution is -0.129. The van der Waals surface area contributed by atoms with Gasteiger partial charge in [-0.3, -0.25) is 0 Å². The summed E-state index contributed by atoms with van der Waals surface area (Å²) >= 11 is 0. The van der Waals surface area contributed by atoms with E-state index in [4.69, 9.17) is 18.9 Å². The van der Waals surface area contributed by atoms with E-state index in [1.165, 1.54) is 7.11 Å². The molecule has 3 aromatic rings. The molecule has 0 amide bonds. The molecule has 0 aromatic heterocycles. The Hall–Kier alpha value is -4.39. The van der Waals surface area contributed by atoms with Crippen molar-refractivity contribution >= 4 is 23.9 Å². The fourth-order valence-electron chi connectivity index (χ4n) is 3.13. The van der Waals surface area contributed by atoms with Crippen molar-refractivity contribution in [3.05, 3.63) is 94.7 Å². The third-order valence-corrected chi connectivity index (χ3v) is 4.94. The van der Waals surface area contributed by atoms with Crippen molar-refractivity contribution in [2.45, 2.75) is 6.92 Å². The fourth-order valence-corrected chi connectivity index (χ4v) is 3.13. The third-order valence-electron chi connectivity index (χ3n) is 4.94. The zero-order valence-corrected chi connectivity index (χ0v) is 18.3.